The van der Waals surface area contributed by atoms with Gasteiger partial charge in [0.2, 0.25) is 11.8 Å². The molecule has 2 unspecified atom stereocenters. The van der Waals surface area contributed by atoms with Gasteiger partial charge in [0.1, 0.15) is 6.17 Å². The third-order valence-corrected chi connectivity index (χ3v) is 6.04. The van der Waals surface area contributed by atoms with Gasteiger partial charge in [0.25, 0.3) is 0 Å². The van der Waals surface area contributed by atoms with E-state index in [9.17, 15) is 4.79 Å². The van der Waals surface area contributed by atoms with Gasteiger partial charge in [-0.1, -0.05) is 28.9 Å². The van der Waals surface area contributed by atoms with Crippen LogP contribution in [0.3, 0.4) is 0 Å². The number of carbonyl (C=O) groups excluding carboxylic acids is 1. The molecule has 29 heavy (non-hydrogen) atoms. The second-order valence-corrected chi connectivity index (χ2v) is 8.18. The normalized spacial score (nSPS) is 24.9. The maximum absolute atomic E-state index is 12.4. The Morgan fingerprint density at radius 2 is 2.14 bits per heavy atom. The number of hydrogen-bond acceptors (Lipinski definition) is 7. The smallest absolute Gasteiger partial charge is 0.247 e. The molecule has 5 rings (SSSR count). The summed E-state index contributed by atoms with van der Waals surface area (Å²) in [5.74, 6) is 1.38. The van der Waals surface area contributed by atoms with Gasteiger partial charge < -0.3 is 15.2 Å². The molecule has 2 atom stereocenters. The fourth-order valence-corrected chi connectivity index (χ4v) is 4.58. The van der Waals surface area contributed by atoms with Crippen molar-refractivity contribution < 1.29 is 9.32 Å². The van der Waals surface area contributed by atoms with Crippen LogP contribution in [0, 0.1) is 5.92 Å². The third-order valence-electron chi connectivity index (χ3n) is 5.81. The minimum Gasteiger partial charge on any atom is -0.339 e. The van der Waals surface area contributed by atoms with Gasteiger partial charge >= 0.3 is 0 Å². The molecular weight excluding hydrogens is 392 g/mol. The second kappa shape index (κ2) is 7.78. The summed E-state index contributed by atoms with van der Waals surface area (Å²) in [5.41, 5.74) is 5.51. The van der Waals surface area contributed by atoms with Gasteiger partial charge in [-0.05, 0) is 43.6 Å². The number of amides is 1. The summed E-state index contributed by atoms with van der Waals surface area (Å²) in [4.78, 5) is 17.0. The Morgan fingerprint density at radius 3 is 2.97 bits per heavy atom. The van der Waals surface area contributed by atoms with Crippen molar-refractivity contribution in [1.82, 2.24) is 31.2 Å². The Hall–Kier alpha value is -2.42. The number of benzene rings is 1. The molecule has 9 heteroatoms. The lowest BCUT2D eigenvalue weighted by molar-refractivity contribution is -0.119. The van der Waals surface area contributed by atoms with Crippen molar-refractivity contribution in [2.75, 3.05) is 19.6 Å². The summed E-state index contributed by atoms with van der Waals surface area (Å²) >= 11 is 6.06. The number of carbonyl (C=O) groups is 1. The Morgan fingerprint density at radius 1 is 1.28 bits per heavy atom. The van der Waals surface area contributed by atoms with Crippen molar-refractivity contribution in [1.29, 1.82) is 0 Å². The minimum atomic E-state index is -0.214. The predicted octanol–water partition coefficient (Wildman–Crippen LogP) is 1.56. The molecule has 3 aliphatic rings. The Labute approximate surface area is 173 Å². The van der Waals surface area contributed by atoms with Crippen LogP contribution in [0.5, 0.6) is 0 Å². The fourth-order valence-electron chi connectivity index (χ4n) is 4.37. The van der Waals surface area contributed by atoms with Crippen LogP contribution in [0.4, 0.5) is 0 Å². The lowest BCUT2D eigenvalue weighted by atomic mass is 9.92. The topological polar surface area (TPSA) is 95.3 Å². The molecule has 1 amide bonds. The lowest BCUT2D eigenvalue weighted by Crippen LogP contribution is -2.54. The number of nitrogens with one attached hydrogen (secondary N) is 3. The summed E-state index contributed by atoms with van der Waals surface area (Å²) < 4.78 is 5.48. The van der Waals surface area contributed by atoms with Gasteiger partial charge in [-0.25, -0.2) is 5.43 Å². The van der Waals surface area contributed by atoms with Crippen LogP contribution in [0.15, 0.2) is 40.6 Å². The molecule has 4 heterocycles. The second-order valence-electron chi connectivity index (χ2n) is 7.74. The highest BCUT2D eigenvalue weighted by Gasteiger charge is 2.43. The van der Waals surface area contributed by atoms with Crippen LogP contribution in [0.25, 0.3) is 0 Å². The predicted molar refractivity (Wildman–Crippen MR) is 107 cm³/mol. The van der Waals surface area contributed by atoms with Gasteiger partial charge in [0.15, 0.2) is 5.82 Å². The van der Waals surface area contributed by atoms with E-state index in [4.69, 9.17) is 16.1 Å². The number of halogens is 1. The summed E-state index contributed by atoms with van der Waals surface area (Å²) in [5, 5.41) is 13.4. The Balaban J connectivity index is 1.33. The first-order valence-electron chi connectivity index (χ1n) is 10.00. The van der Waals surface area contributed by atoms with E-state index < -0.39 is 0 Å². The number of allylic oxidation sites excluding steroid dienone is 1. The highest BCUT2D eigenvalue weighted by Crippen LogP contribution is 2.34. The Bertz CT molecular complexity index is 939. The summed E-state index contributed by atoms with van der Waals surface area (Å²) in [6.45, 7) is 2.59. The molecule has 0 saturated carbocycles. The summed E-state index contributed by atoms with van der Waals surface area (Å²) in [7, 11) is 0. The van der Waals surface area contributed by atoms with Crippen LogP contribution >= 0.6 is 11.6 Å². The standard InChI is InChI=1S/C20H23ClN6O2/c21-14-3-1-2-12(8-14)9-18-25-19(26-29-18)15-11-23-27-16(10-17(28)24-20(15)27)13-4-6-22-7-5-13/h1-3,8,10,13,15,20,22-23H,4-7,9,11H2,(H,24,28). The number of aromatic nitrogens is 2. The van der Waals surface area contributed by atoms with Crippen LogP contribution in [-0.4, -0.2) is 46.9 Å². The van der Waals surface area contributed by atoms with Gasteiger partial charge in [0, 0.05) is 29.3 Å². The fraction of sp³-hybridized carbons (Fsp3) is 0.450. The largest absolute Gasteiger partial charge is 0.339 e. The molecule has 2 saturated heterocycles. The molecule has 3 aliphatic heterocycles. The molecule has 0 radical (unpaired) electrons. The Kier molecular flexibility index (Phi) is 4.99. The number of nitrogens with zero attached hydrogens (tertiary/aromatic N) is 3. The van der Waals surface area contributed by atoms with Crippen molar-refractivity contribution in [3.63, 3.8) is 0 Å². The van der Waals surface area contributed by atoms with Gasteiger partial charge in [-0.3, -0.25) is 9.80 Å². The monoisotopic (exact) mass is 414 g/mol. The molecule has 2 fully saturated rings. The van der Waals surface area contributed by atoms with E-state index in [0.29, 0.717) is 35.6 Å². The molecule has 0 bridgehead atoms. The van der Waals surface area contributed by atoms with Crippen molar-refractivity contribution >= 4 is 17.5 Å². The first-order valence-corrected chi connectivity index (χ1v) is 10.4. The molecule has 0 spiro atoms. The zero-order valence-corrected chi connectivity index (χ0v) is 16.7. The van der Waals surface area contributed by atoms with E-state index in [-0.39, 0.29) is 18.0 Å². The van der Waals surface area contributed by atoms with Crippen molar-refractivity contribution in [3.05, 3.63) is 58.3 Å². The molecule has 1 aromatic heterocycles. The molecule has 3 N–H and O–H groups in total. The minimum absolute atomic E-state index is 0.0591. The van der Waals surface area contributed by atoms with Gasteiger partial charge in [0.05, 0.1) is 12.3 Å². The third kappa shape index (κ3) is 3.75. The van der Waals surface area contributed by atoms with Crippen LogP contribution in [0.1, 0.15) is 36.0 Å². The zero-order valence-electron chi connectivity index (χ0n) is 15.9. The quantitative estimate of drug-likeness (QED) is 0.698. The van der Waals surface area contributed by atoms with Crippen LogP contribution in [0.2, 0.25) is 5.02 Å². The van der Waals surface area contributed by atoms with E-state index in [1.807, 2.05) is 24.3 Å². The van der Waals surface area contributed by atoms with Crippen LogP contribution in [-0.2, 0) is 11.2 Å². The zero-order chi connectivity index (χ0) is 19.8. The summed E-state index contributed by atoms with van der Waals surface area (Å²) in [6.07, 6.45) is 4.09. The molecule has 1 aromatic carbocycles. The molecule has 152 valence electrons. The highest BCUT2D eigenvalue weighted by molar-refractivity contribution is 6.30. The van der Waals surface area contributed by atoms with E-state index >= 15 is 0 Å². The first kappa shape index (κ1) is 18.6. The first-order chi connectivity index (χ1) is 14.2. The number of piperidine rings is 1. The molecule has 8 nitrogen and oxygen atoms in total. The maximum Gasteiger partial charge on any atom is 0.247 e. The summed E-state index contributed by atoms with van der Waals surface area (Å²) in [6, 6.07) is 7.61. The average Bonchev–Trinajstić information content (AvgIpc) is 3.35. The SMILES string of the molecule is O=C1C=C(C2CCNCC2)N2NCC(c3noc(Cc4cccc(Cl)c4)n3)C2N1. The van der Waals surface area contributed by atoms with E-state index in [1.54, 1.807) is 6.08 Å². The number of fused-ring (bicyclic) bond motifs is 1. The van der Waals surface area contributed by atoms with Crippen molar-refractivity contribution in [2.45, 2.75) is 31.3 Å². The molecule has 2 aromatic rings. The molecule has 0 aliphatic carbocycles. The average molecular weight is 415 g/mol. The molecular formula is C20H23ClN6O2. The lowest BCUT2D eigenvalue weighted by Gasteiger charge is -2.38. The van der Waals surface area contributed by atoms with Crippen LogP contribution < -0.4 is 16.1 Å². The van der Waals surface area contributed by atoms with Gasteiger partial charge in [-0.2, -0.15) is 4.98 Å². The number of rotatable bonds is 4. The number of hydrogen-bond donors (Lipinski definition) is 3. The van der Waals surface area contributed by atoms with E-state index in [0.717, 1.165) is 37.2 Å². The van der Waals surface area contributed by atoms with Crippen molar-refractivity contribution in [2.24, 2.45) is 5.92 Å². The van der Waals surface area contributed by atoms with E-state index in [2.05, 4.69) is 31.2 Å². The van der Waals surface area contributed by atoms with Crippen molar-refractivity contribution in [3.8, 4) is 0 Å². The highest BCUT2D eigenvalue weighted by atomic mass is 35.5. The van der Waals surface area contributed by atoms with E-state index in [1.165, 1.54) is 0 Å². The maximum atomic E-state index is 12.4. The number of hydrazine groups is 1. The van der Waals surface area contributed by atoms with Gasteiger partial charge in [-0.15, -0.1) is 0 Å².